The lowest BCUT2D eigenvalue weighted by Crippen LogP contribution is -2.47. The average Bonchev–Trinajstić information content (AvgIpc) is 3.10. The summed E-state index contributed by atoms with van der Waals surface area (Å²) < 4.78 is 11.4. The number of carbonyl (C=O) groups excluding carboxylic acids is 3. The second kappa shape index (κ2) is 15.0. The molecule has 0 spiro atoms. The summed E-state index contributed by atoms with van der Waals surface area (Å²) in [5.41, 5.74) is 2.23. The van der Waals surface area contributed by atoms with E-state index < -0.39 is 5.41 Å². The van der Waals surface area contributed by atoms with Crippen molar-refractivity contribution in [2.45, 2.75) is 46.1 Å². The van der Waals surface area contributed by atoms with E-state index in [0.717, 1.165) is 29.7 Å². The van der Waals surface area contributed by atoms with Crippen molar-refractivity contribution < 1.29 is 23.9 Å². The topological polar surface area (TPSA) is 104 Å². The Bertz CT molecular complexity index is 1480. The molecule has 0 aliphatic carbocycles. The summed E-state index contributed by atoms with van der Waals surface area (Å²) in [5, 5.41) is 3.61. The SMILES string of the molecule is CCN1C(=O)C(C)(C)C(=O)N(C)c2cc(OCCCC(NCCN(C)C(=O)Cc3cccc(OC)c3)c3ccncc3)ccc21. The Morgan fingerprint density at radius 2 is 1.78 bits per heavy atom. The predicted molar refractivity (Wildman–Crippen MR) is 176 cm³/mol. The van der Waals surface area contributed by atoms with Gasteiger partial charge in [-0.25, -0.2) is 0 Å². The Morgan fingerprint density at radius 3 is 2.49 bits per heavy atom. The van der Waals surface area contributed by atoms with E-state index >= 15 is 0 Å². The van der Waals surface area contributed by atoms with Crippen molar-refractivity contribution in [1.82, 2.24) is 15.2 Å². The van der Waals surface area contributed by atoms with Crippen LogP contribution in [-0.2, 0) is 20.8 Å². The molecule has 1 unspecified atom stereocenters. The van der Waals surface area contributed by atoms with E-state index in [1.807, 2.05) is 68.6 Å². The predicted octanol–water partition coefficient (Wildman–Crippen LogP) is 4.64. The normalized spacial score (nSPS) is 14.9. The van der Waals surface area contributed by atoms with Gasteiger partial charge in [-0.05, 0) is 81.1 Å². The third-order valence-electron chi connectivity index (χ3n) is 8.30. The molecule has 2 aromatic carbocycles. The highest BCUT2D eigenvalue weighted by molar-refractivity contribution is 6.20. The summed E-state index contributed by atoms with van der Waals surface area (Å²) in [7, 11) is 5.14. The number of methoxy groups -OCH3 is 1. The van der Waals surface area contributed by atoms with E-state index in [-0.39, 0.29) is 23.8 Å². The molecule has 3 amide bonds. The maximum atomic E-state index is 13.2. The van der Waals surface area contributed by atoms with Gasteiger partial charge in [0.25, 0.3) is 0 Å². The first-order valence-electron chi connectivity index (χ1n) is 15.4. The van der Waals surface area contributed by atoms with Crippen LogP contribution in [-0.4, -0.2) is 75.1 Å². The highest BCUT2D eigenvalue weighted by atomic mass is 16.5. The van der Waals surface area contributed by atoms with Crippen LogP contribution in [0.3, 0.4) is 0 Å². The average molecular weight is 616 g/mol. The summed E-state index contributed by atoms with van der Waals surface area (Å²) in [6.45, 7) is 7.38. The molecule has 4 rings (SSSR count). The van der Waals surface area contributed by atoms with Gasteiger partial charge in [-0.1, -0.05) is 12.1 Å². The molecule has 10 nitrogen and oxygen atoms in total. The Morgan fingerprint density at radius 1 is 1.02 bits per heavy atom. The van der Waals surface area contributed by atoms with Crippen LogP contribution in [0.4, 0.5) is 11.4 Å². The van der Waals surface area contributed by atoms with Crippen LogP contribution in [0.2, 0.25) is 0 Å². The molecule has 3 aromatic rings. The molecule has 1 atom stereocenters. The van der Waals surface area contributed by atoms with Crippen molar-refractivity contribution in [3.8, 4) is 11.5 Å². The van der Waals surface area contributed by atoms with Crippen LogP contribution in [0, 0.1) is 5.41 Å². The maximum absolute atomic E-state index is 13.2. The number of ether oxygens (including phenoxy) is 2. The lowest BCUT2D eigenvalue weighted by atomic mass is 9.90. The molecule has 2 heterocycles. The molecule has 0 saturated carbocycles. The van der Waals surface area contributed by atoms with E-state index in [9.17, 15) is 14.4 Å². The van der Waals surface area contributed by atoms with Crippen LogP contribution >= 0.6 is 0 Å². The number of likely N-dealkylation sites (N-methyl/N-ethyl adjacent to an activating group) is 1. The Labute approximate surface area is 266 Å². The number of anilines is 2. The minimum Gasteiger partial charge on any atom is -0.497 e. The minimum atomic E-state index is -1.15. The third-order valence-corrected chi connectivity index (χ3v) is 8.30. The molecule has 0 bridgehead atoms. The fraction of sp³-hybridized carbons (Fsp3) is 0.429. The van der Waals surface area contributed by atoms with Crippen LogP contribution < -0.4 is 24.6 Å². The van der Waals surface area contributed by atoms with Gasteiger partial charge in [0.15, 0.2) is 0 Å². The first-order chi connectivity index (χ1) is 21.6. The van der Waals surface area contributed by atoms with Crippen molar-refractivity contribution >= 4 is 29.1 Å². The van der Waals surface area contributed by atoms with Crippen LogP contribution in [0.1, 0.15) is 50.8 Å². The first kappa shape index (κ1) is 33.5. The molecule has 45 heavy (non-hydrogen) atoms. The molecule has 0 saturated heterocycles. The van der Waals surface area contributed by atoms with Crippen molar-refractivity contribution in [1.29, 1.82) is 0 Å². The summed E-state index contributed by atoms with van der Waals surface area (Å²) >= 11 is 0. The van der Waals surface area contributed by atoms with Gasteiger partial charge >= 0.3 is 0 Å². The van der Waals surface area contributed by atoms with Gasteiger partial charge in [-0.3, -0.25) is 19.4 Å². The smallest absolute Gasteiger partial charge is 0.242 e. The third kappa shape index (κ3) is 7.99. The number of aromatic nitrogens is 1. The fourth-order valence-corrected chi connectivity index (χ4v) is 5.55. The summed E-state index contributed by atoms with van der Waals surface area (Å²) in [4.78, 5) is 48.2. The van der Waals surface area contributed by atoms with E-state index in [4.69, 9.17) is 9.47 Å². The highest BCUT2D eigenvalue weighted by Crippen LogP contribution is 2.40. The van der Waals surface area contributed by atoms with E-state index in [2.05, 4.69) is 10.3 Å². The van der Waals surface area contributed by atoms with Crippen LogP contribution in [0.5, 0.6) is 11.5 Å². The highest BCUT2D eigenvalue weighted by Gasteiger charge is 2.45. The largest absolute Gasteiger partial charge is 0.497 e. The lowest BCUT2D eigenvalue weighted by molar-refractivity contribution is -0.137. The maximum Gasteiger partial charge on any atom is 0.242 e. The number of benzene rings is 2. The molecule has 1 N–H and O–H groups in total. The number of nitrogens with zero attached hydrogens (tertiary/aromatic N) is 4. The van der Waals surface area contributed by atoms with E-state index in [1.54, 1.807) is 55.1 Å². The van der Waals surface area contributed by atoms with Crippen molar-refractivity contribution in [2.75, 3.05) is 57.2 Å². The number of hydrogen-bond acceptors (Lipinski definition) is 7. The first-order valence-corrected chi connectivity index (χ1v) is 15.4. The van der Waals surface area contributed by atoms with Crippen molar-refractivity contribution in [2.24, 2.45) is 5.41 Å². The monoisotopic (exact) mass is 615 g/mol. The van der Waals surface area contributed by atoms with Gasteiger partial charge in [0, 0.05) is 58.2 Å². The van der Waals surface area contributed by atoms with Gasteiger partial charge in [-0.2, -0.15) is 0 Å². The second-order valence-electron chi connectivity index (χ2n) is 11.8. The number of fused-ring (bicyclic) bond motifs is 1. The zero-order chi connectivity index (χ0) is 32.6. The lowest BCUT2D eigenvalue weighted by Gasteiger charge is -2.27. The molecular weight excluding hydrogens is 570 g/mol. The number of rotatable bonds is 14. The number of pyridine rings is 1. The van der Waals surface area contributed by atoms with Gasteiger partial charge in [0.05, 0.1) is 31.5 Å². The molecule has 240 valence electrons. The van der Waals surface area contributed by atoms with Gasteiger partial charge < -0.3 is 29.5 Å². The minimum absolute atomic E-state index is 0.0435. The molecule has 0 radical (unpaired) electrons. The molecule has 1 aliphatic rings. The fourth-order valence-electron chi connectivity index (χ4n) is 5.55. The molecular formula is C35H45N5O5. The summed E-state index contributed by atoms with van der Waals surface area (Å²) in [6.07, 6.45) is 5.45. The second-order valence-corrected chi connectivity index (χ2v) is 11.8. The number of hydrogen-bond donors (Lipinski definition) is 1. The van der Waals surface area contributed by atoms with Gasteiger partial charge in [-0.15, -0.1) is 0 Å². The quantitative estimate of drug-likeness (QED) is 0.208. The molecule has 1 aliphatic heterocycles. The standard InChI is InChI=1S/C35H45N5O5/c1-7-40-30-14-13-28(24-31(30)39(5)33(42)35(2,3)34(40)43)45-21-9-12-29(26-15-17-36-18-16-26)37-19-20-38(4)32(41)23-25-10-8-11-27(22-25)44-6/h8,10-11,13-18,22,24,29,37H,7,9,12,19-21,23H2,1-6H3. The van der Waals surface area contributed by atoms with Crippen molar-refractivity contribution in [3.63, 3.8) is 0 Å². The molecule has 10 heteroatoms. The van der Waals surface area contributed by atoms with Crippen LogP contribution in [0.25, 0.3) is 0 Å². The zero-order valence-corrected chi connectivity index (χ0v) is 27.2. The Hall–Kier alpha value is -4.44. The number of amides is 3. The summed E-state index contributed by atoms with van der Waals surface area (Å²) in [6, 6.07) is 17.2. The van der Waals surface area contributed by atoms with Gasteiger partial charge in [0.2, 0.25) is 17.7 Å². The van der Waals surface area contributed by atoms with E-state index in [1.165, 1.54) is 0 Å². The number of carbonyl (C=O) groups is 3. The van der Waals surface area contributed by atoms with Crippen molar-refractivity contribution in [3.05, 3.63) is 78.1 Å². The van der Waals surface area contributed by atoms with Crippen LogP contribution in [0.15, 0.2) is 67.0 Å². The Kier molecular flexibility index (Phi) is 11.2. The summed E-state index contributed by atoms with van der Waals surface area (Å²) in [5.74, 6) is 0.960. The number of nitrogens with one attached hydrogen (secondary N) is 1. The van der Waals surface area contributed by atoms with E-state index in [0.29, 0.717) is 49.8 Å². The molecule has 0 fully saturated rings. The van der Waals surface area contributed by atoms with Gasteiger partial charge in [0.1, 0.15) is 16.9 Å². The zero-order valence-electron chi connectivity index (χ0n) is 27.2. The Balaban J connectivity index is 1.33. The molecule has 1 aromatic heterocycles.